The Labute approximate surface area is 124 Å². The Balaban J connectivity index is 4.80. The Hall–Kier alpha value is 0.0649. The van der Waals surface area contributed by atoms with Crippen molar-refractivity contribution in [3.05, 3.63) is 0 Å². The fourth-order valence-corrected chi connectivity index (χ4v) is 2.57. The number of hydrogen-bond acceptors (Lipinski definition) is 0. The van der Waals surface area contributed by atoms with E-state index in [4.69, 9.17) is 0 Å². The van der Waals surface area contributed by atoms with Crippen LogP contribution in [-0.2, 0) is 0 Å². The molecule has 0 unspecified atom stereocenters. The van der Waals surface area contributed by atoms with Crippen LogP contribution in [0.1, 0.15) is 81.6 Å². The molecule has 113 valence electrons. The maximum Gasteiger partial charge on any atom is 0.106 e. The van der Waals surface area contributed by atoms with E-state index in [0.717, 1.165) is 0 Å². The van der Waals surface area contributed by atoms with Crippen molar-refractivity contribution >= 4 is 7.28 Å². The van der Waals surface area contributed by atoms with Gasteiger partial charge in [0.15, 0.2) is 0 Å². The van der Waals surface area contributed by atoms with Gasteiger partial charge in [-0.1, -0.05) is 81.9 Å². The molecule has 1 heteroatoms. The van der Waals surface area contributed by atoms with Gasteiger partial charge in [0.25, 0.3) is 0 Å². The lowest BCUT2D eigenvalue weighted by Crippen LogP contribution is -2.37. The molecule has 19 heavy (non-hydrogen) atoms. The highest BCUT2D eigenvalue weighted by molar-refractivity contribution is 6.33. The van der Waals surface area contributed by atoms with Crippen LogP contribution in [0.25, 0.3) is 0 Å². The molecule has 0 aliphatic carbocycles. The van der Waals surface area contributed by atoms with Gasteiger partial charge in [0, 0.05) is 0 Å². The molecule has 0 aromatic heterocycles. The van der Waals surface area contributed by atoms with E-state index in [1.165, 1.54) is 25.6 Å². The van der Waals surface area contributed by atoms with Gasteiger partial charge in [-0.3, -0.25) is 0 Å². The average molecular weight is 265 g/mol. The zero-order chi connectivity index (χ0) is 15.5. The molecule has 0 N–H and O–H groups in total. The van der Waals surface area contributed by atoms with Crippen LogP contribution in [0.2, 0.25) is 13.1 Å². The van der Waals surface area contributed by atoms with Crippen molar-refractivity contribution in [1.82, 2.24) is 0 Å². The van der Waals surface area contributed by atoms with E-state index >= 15 is 0 Å². The second-order valence-electron chi connectivity index (χ2n) is 9.00. The van der Waals surface area contributed by atoms with Crippen LogP contribution in [0, 0.1) is 21.7 Å². The van der Waals surface area contributed by atoms with Crippen LogP contribution in [0.15, 0.2) is 0 Å². The first-order chi connectivity index (χ1) is 8.33. The normalized spacial score (nSPS) is 14.6. The summed E-state index contributed by atoms with van der Waals surface area (Å²) in [5, 5.41) is 0. The van der Waals surface area contributed by atoms with E-state index in [-0.39, 0.29) is 0 Å². The van der Waals surface area contributed by atoms with Gasteiger partial charge in [0.1, 0.15) is 7.28 Å². The summed E-state index contributed by atoms with van der Waals surface area (Å²) in [6.45, 7) is 24.0. The minimum atomic E-state index is 0.383. The highest BCUT2D eigenvalue weighted by atomic mass is 14.4. The van der Waals surface area contributed by atoms with E-state index in [0.29, 0.717) is 21.7 Å². The van der Waals surface area contributed by atoms with Gasteiger partial charge in [0.05, 0.1) is 0 Å². The van der Waals surface area contributed by atoms with Crippen LogP contribution in [0.5, 0.6) is 0 Å². The molecular weight excluding hydrogens is 227 g/mol. The third kappa shape index (κ3) is 4.53. The van der Waals surface area contributed by atoms with Crippen molar-refractivity contribution in [3.63, 3.8) is 0 Å². The average Bonchev–Trinajstić information content (AvgIpc) is 2.26. The summed E-state index contributed by atoms with van der Waals surface area (Å²) in [5.41, 5.74) is 1.60. The molecule has 0 heterocycles. The quantitative estimate of drug-likeness (QED) is 0.442. The molecule has 1 radical (unpaired) electrons. The summed E-state index contributed by atoms with van der Waals surface area (Å²) in [5.74, 6) is 0. The molecule has 0 aromatic carbocycles. The van der Waals surface area contributed by atoms with E-state index < -0.39 is 0 Å². The molecule has 0 aliphatic heterocycles. The third-order valence-corrected chi connectivity index (χ3v) is 6.64. The fraction of sp³-hybridized carbons (Fsp3) is 1.00. The second-order valence-corrected chi connectivity index (χ2v) is 9.00. The highest BCUT2D eigenvalue weighted by Gasteiger charge is 2.40. The largest absolute Gasteiger partial charge is 0.106 e. The molecule has 0 aliphatic rings. The first kappa shape index (κ1) is 19.1. The monoisotopic (exact) mass is 265 g/mol. The molecule has 0 saturated carbocycles. The Morgan fingerprint density at radius 2 is 1.00 bits per heavy atom. The fourth-order valence-electron chi connectivity index (χ4n) is 2.57. The van der Waals surface area contributed by atoms with Gasteiger partial charge in [-0.2, -0.15) is 0 Å². The van der Waals surface area contributed by atoms with Crippen molar-refractivity contribution < 1.29 is 0 Å². The van der Waals surface area contributed by atoms with E-state index in [2.05, 4.69) is 76.4 Å². The lowest BCUT2D eigenvalue weighted by Gasteiger charge is -2.47. The maximum absolute atomic E-state index is 2.45. The van der Waals surface area contributed by atoms with Crippen LogP contribution < -0.4 is 0 Å². The van der Waals surface area contributed by atoms with E-state index in [9.17, 15) is 0 Å². The topological polar surface area (TPSA) is 0 Å². The Bertz CT molecular complexity index is 271. The predicted octanol–water partition coefficient (Wildman–Crippen LogP) is 6.45. The maximum atomic E-state index is 2.45. The van der Waals surface area contributed by atoms with Gasteiger partial charge in [-0.05, 0) is 34.5 Å². The van der Waals surface area contributed by atoms with Crippen molar-refractivity contribution in [2.45, 2.75) is 94.7 Å². The van der Waals surface area contributed by atoms with Crippen LogP contribution in [0.4, 0.5) is 0 Å². The molecule has 0 bridgehead atoms. The number of rotatable bonds is 8. The molecule has 0 nitrogen and oxygen atoms in total. The lowest BCUT2D eigenvalue weighted by atomic mass is 9.53. The summed E-state index contributed by atoms with van der Waals surface area (Å²) in [6, 6.07) is 0. The van der Waals surface area contributed by atoms with Gasteiger partial charge in [-0.15, -0.1) is 0 Å². The smallest absolute Gasteiger partial charge is 0.0920 e. The van der Waals surface area contributed by atoms with Crippen molar-refractivity contribution in [2.75, 3.05) is 0 Å². The van der Waals surface area contributed by atoms with Crippen LogP contribution in [-0.4, -0.2) is 7.28 Å². The standard InChI is InChI=1S/C18H38B/c1-11-15(2,3)16(4,5)12-13-17(6,7)18(8,9)14-19-10/h11-14H2,1-10H3. The lowest BCUT2D eigenvalue weighted by molar-refractivity contribution is 0.0457. The summed E-state index contributed by atoms with van der Waals surface area (Å²) in [7, 11) is 2.32. The van der Waals surface area contributed by atoms with Gasteiger partial charge in [0.2, 0.25) is 0 Å². The molecule has 0 atom stereocenters. The van der Waals surface area contributed by atoms with Crippen molar-refractivity contribution in [3.8, 4) is 0 Å². The molecule has 0 spiro atoms. The minimum absolute atomic E-state index is 0.383. The van der Waals surface area contributed by atoms with Crippen molar-refractivity contribution in [1.29, 1.82) is 0 Å². The Morgan fingerprint density at radius 1 is 0.632 bits per heavy atom. The SMILES string of the molecule is C[B]CC(C)(C)C(C)(C)CCC(C)(C)C(C)(C)CC. The van der Waals surface area contributed by atoms with Gasteiger partial charge >= 0.3 is 0 Å². The zero-order valence-electron chi connectivity index (χ0n) is 15.4. The summed E-state index contributed by atoms with van der Waals surface area (Å²) >= 11 is 0. The minimum Gasteiger partial charge on any atom is -0.0920 e. The first-order valence-corrected chi connectivity index (χ1v) is 8.11. The van der Waals surface area contributed by atoms with E-state index in [1.807, 2.05) is 0 Å². The van der Waals surface area contributed by atoms with Gasteiger partial charge < -0.3 is 0 Å². The highest BCUT2D eigenvalue weighted by Crippen LogP contribution is 2.50. The molecule has 0 amide bonds. The molecular formula is C18H38B. The third-order valence-electron chi connectivity index (χ3n) is 6.64. The second kappa shape index (κ2) is 6.23. The molecule has 0 saturated heterocycles. The Morgan fingerprint density at radius 3 is 1.32 bits per heavy atom. The number of hydrogen-bond donors (Lipinski definition) is 0. The summed E-state index contributed by atoms with van der Waals surface area (Å²) in [6.07, 6.45) is 5.09. The van der Waals surface area contributed by atoms with Gasteiger partial charge in [-0.25, -0.2) is 0 Å². The predicted molar refractivity (Wildman–Crippen MR) is 91.1 cm³/mol. The molecule has 0 fully saturated rings. The van der Waals surface area contributed by atoms with Crippen LogP contribution >= 0.6 is 0 Å². The first-order valence-electron chi connectivity index (χ1n) is 8.11. The van der Waals surface area contributed by atoms with E-state index in [1.54, 1.807) is 0 Å². The molecule has 0 rings (SSSR count). The summed E-state index contributed by atoms with van der Waals surface area (Å²) in [4.78, 5) is 0. The van der Waals surface area contributed by atoms with Crippen LogP contribution in [0.3, 0.4) is 0 Å². The van der Waals surface area contributed by atoms with Crippen molar-refractivity contribution in [2.24, 2.45) is 21.7 Å². The summed E-state index contributed by atoms with van der Waals surface area (Å²) < 4.78 is 0. The molecule has 0 aromatic rings. The zero-order valence-corrected chi connectivity index (χ0v) is 15.4. The Kier molecular flexibility index (Phi) is 6.25.